The Kier molecular flexibility index (Phi) is 9.34. The van der Waals surface area contributed by atoms with Crippen LogP contribution in [0.25, 0.3) is 0 Å². The van der Waals surface area contributed by atoms with E-state index in [2.05, 4.69) is 29.4 Å². The third-order valence-electron chi connectivity index (χ3n) is 5.26. The van der Waals surface area contributed by atoms with Gasteiger partial charge in [0.25, 0.3) is 0 Å². The smallest absolute Gasteiger partial charge is 0.222 e. The molecule has 0 aromatic heterocycles. The van der Waals surface area contributed by atoms with Crippen LogP contribution in [0.1, 0.15) is 56.0 Å². The highest BCUT2D eigenvalue weighted by molar-refractivity contribution is 6.31. The number of halogens is 1. The van der Waals surface area contributed by atoms with E-state index in [1.807, 2.05) is 55.5 Å². The van der Waals surface area contributed by atoms with E-state index in [1.54, 1.807) is 0 Å². The number of hydrogen-bond donors (Lipinski definition) is 2. The summed E-state index contributed by atoms with van der Waals surface area (Å²) in [5.41, 5.74) is 3.05. The van der Waals surface area contributed by atoms with Gasteiger partial charge in [-0.05, 0) is 37.2 Å². The molecule has 0 aliphatic carbocycles. The predicted octanol–water partition coefficient (Wildman–Crippen LogP) is 4.42. The molecule has 0 aliphatic heterocycles. The van der Waals surface area contributed by atoms with E-state index in [0.29, 0.717) is 11.6 Å². The third-order valence-corrected chi connectivity index (χ3v) is 5.60. The molecule has 0 radical (unpaired) electrons. The summed E-state index contributed by atoms with van der Waals surface area (Å²) in [6.07, 6.45) is 0.177. The molecule has 2 atom stereocenters. The number of nitrogens with one attached hydrogen (secondary N) is 2. The first-order valence-corrected chi connectivity index (χ1v) is 10.8. The molecule has 162 valence electrons. The highest BCUT2D eigenvalue weighted by atomic mass is 35.5. The SMILES string of the molecule is CCN(CC)C(CNC(=O)CC(NC(C)=O)c1ccc(C)cc1)c1ccccc1Cl. The lowest BCUT2D eigenvalue weighted by molar-refractivity contribution is -0.123. The molecule has 0 saturated carbocycles. The first-order valence-electron chi connectivity index (χ1n) is 10.4. The van der Waals surface area contributed by atoms with Crippen LogP contribution in [0.3, 0.4) is 0 Å². The first-order chi connectivity index (χ1) is 14.3. The number of benzene rings is 2. The maximum Gasteiger partial charge on any atom is 0.222 e. The molecule has 5 nitrogen and oxygen atoms in total. The standard InChI is InChI=1S/C24H32ClN3O2/c1-5-28(6-2)23(20-9-7-8-10-21(20)25)16-26-24(30)15-22(27-18(4)29)19-13-11-17(3)12-14-19/h7-14,22-23H,5-6,15-16H2,1-4H3,(H,26,30)(H,27,29). The van der Waals surface area contributed by atoms with Crippen molar-refractivity contribution < 1.29 is 9.59 Å². The summed E-state index contributed by atoms with van der Waals surface area (Å²) < 4.78 is 0. The summed E-state index contributed by atoms with van der Waals surface area (Å²) in [4.78, 5) is 26.7. The Labute approximate surface area is 184 Å². The second kappa shape index (κ2) is 11.7. The molecule has 0 heterocycles. The highest BCUT2D eigenvalue weighted by Gasteiger charge is 2.22. The molecule has 0 bridgehead atoms. The fourth-order valence-electron chi connectivity index (χ4n) is 3.61. The number of nitrogens with zero attached hydrogens (tertiary/aromatic N) is 1. The zero-order valence-electron chi connectivity index (χ0n) is 18.2. The molecule has 6 heteroatoms. The van der Waals surface area contributed by atoms with Crippen molar-refractivity contribution in [2.45, 2.75) is 46.2 Å². The topological polar surface area (TPSA) is 61.4 Å². The van der Waals surface area contributed by atoms with E-state index in [-0.39, 0.29) is 30.3 Å². The van der Waals surface area contributed by atoms with Gasteiger partial charge in [-0.1, -0.05) is 73.5 Å². The maximum absolute atomic E-state index is 12.8. The number of aryl methyl sites for hydroxylation is 1. The zero-order chi connectivity index (χ0) is 22.1. The van der Waals surface area contributed by atoms with Gasteiger partial charge in [0.05, 0.1) is 18.5 Å². The largest absolute Gasteiger partial charge is 0.354 e. The molecule has 2 rings (SSSR count). The van der Waals surface area contributed by atoms with Crippen molar-refractivity contribution in [3.63, 3.8) is 0 Å². The Morgan fingerprint density at radius 1 is 1.03 bits per heavy atom. The molecule has 2 N–H and O–H groups in total. The number of carbonyl (C=O) groups excluding carboxylic acids is 2. The Bertz CT molecular complexity index is 835. The Balaban J connectivity index is 2.11. The molecule has 2 amide bonds. The monoisotopic (exact) mass is 429 g/mol. The van der Waals surface area contributed by atoms with Crippen LogP contribution in [-0.2, 0) is 9.59 Å². The number of hydrogen-bond acceptors (Lipinski definition) is 3. The zero-order valence-corrected chi connectivity index (χ0v) is 19.0. The van der Waals surface area contributed by atoms with Gasteiger partial charge in [0.15, 0.2) is 0 Å². The molecule has 0 saturated heterocycles. The fraction of sp³-hybridized carbons (Fsp3) is 0.417. The van der Waals surface area contributed by atoms with Gasteiger partial charge < -0.3 is 10.6 Å². The fourth-order valence-corrected chi connectivity index (χ4v) is 3.87. The van der Waals surface area contributed by atoms with Crippen molar-refractivity contribution >= 4 is 23.4 Å². The summed E-state index contributed by atoms with van der Waals surface area (Å²) in [7, 11) is 0. The second-order valence-electron chi connectivity index (χ2n) is 7.43. The molecule has 0 fully saturated rings. The van der Waals surface area contributed by atoms with Crippen LogP contribution in [0.4, 0.5) is 0 Å². The minimum absolute atomic E-state index is 0.0174. The van der Waals surface area contributed by atoms with Crippen molar-refractivity contribution in [1.29, 1.82) is 0 Å². The van der Waals surface area contributed by atoms with E-state index < -0.39 is 0 Å². The second-order valence-corrected chi connectivity index (χ2v) is 7.84. The average molecular weight is 430 g/mol. The normalized spacial score (nSPS) is 13.0. The molecule has 0 spiro atoms. The van der Waals surface area contributed by atoms with E-state index in [0.717, 1.165) is 29.8 Å². The molecule has 2 aromatic carbocycles. The van der Waals surface area contributed by atoms with Gasteiger partial charge in [0.2, 0.25) is 11.8 Å². The van der Waals surface area contributed by atoms with Crippen LogP contribution in [0, 0.1) is 6.92 Å². The van der Waals surface area contributed by atoms with Gasteiger partial charge in [-0.15, -0.1) is 0 Å². The van der Waals surface area contributed by atoms with Gasteiger partial charge in [-0.3, -0.25) is 14.5 Å². The van der Waals surface area contributed by atoms with Gasteiger partial charge in [0, 0.05) is 18.5 Å². The molecular weight excluding hydrogens is 398 g/mol. The minimum atomic E-state index is -0.365. The van der Waals surface area contributed by atoms with Crippen molar-refractivity contribution in [3.05, 3.63) is 70.2 Å². The van der Waals surface area contributed by atoms with Crippen molar-refractivity contribution in [3.8, 4) is 0 Å². The van der Waals surface area contributed by atoms with Crippen LogP contribution < -0.4 is 10.6 Å². The lowest BCUT2D eigenvalue weighted by Gasteiger charge is -2.31. The van der Waals surface area contributed by atoms with Gasteiger partial charge in [-0.25, -0.2) is 0 Å². The molecule has 2 unspecified atom stereocenters. The van der Waals surface area contributed by atoms with Crippen LogP contribution in [0.2, 0.25) is 5.02 Å². The third kappa shape index (κ3) is 6.85. The predicted molar refractivity (Wildman–Crippen MR) is 122 cm³/mol. The average Bonchev–Trinajstić information content (AvgIpc) is 2.71. The lowest BCUT2D eigenvalue weighted by Crippen LogP contribution is -2.39. The number of rotatable bonds is 10. The van der Waals surface area contributed by atoms with Crippen LogP contribution in [-0.4, -0.2) is 36.3 Å². The van der Waals surface area contributed by atoms with Crippen molar-refractivity contribution in [2.24, 2.45) is 0 Å². The molecule has 30 heavy (non-hydrogen) atoms. The van der Waals surface area contributed by atoms with E-state index in [9.17, 15) is 9.59 Å². The number of likely N-dealkylation sites (N-methyl/N-ethyl adjacent to an activating group) is 1. The first kappa shape index (κ1) is 23.9. The van der Waals surface area contributed by atoms with Gasteiger partial charge >= 0.3 is 0 Å². The van der Waals surface area contributed by atoms with E-state index in [4.69, 9.17) is 11.6 Å². The minimum Gasteiger partial charge on any atom is -0.354 e. The van der Waals surface area contributed by atoms with Gasteiger partial charge in [-0.2, -0.15) is 0 Å². The van der Waals surface area contributed by atoms with E-state index in [1.165, 1.54) is 6.92 Å². The van der Waals surface area contributed by atoms with Crippen molar-refractivity contribution in [1.82, 2.24) is 15.5 Å². The number of carbonyl (C=O) groups is 2. The Morgan fingerprint density at radius 3 is 2.23 bits per heavy atom. The van der Waals surface area contributed by atoms with Crippen LogP contribution >= 0.6 is 11.6 Å². The maximum atomic E-state index is 12.8. The summed E-state index contributed by atoms with van der Waals surface area (Å²) in [6.45, 7) is 9.81. The van der Waals surface area contributed by atoms with Crippen LogP contribution in [0.15, 0.2) is 48.5 Å². The Hall–Kier alpha value is -2.37. The van der Waals surface area contributed by atoms with Crippen molar-refractivity contribution in [2.75, 3.05) is 19.6 Å². The lowest BCUT2D eigenvalue weighted by atomic mass is 10.0. The summed E-state index contributed by atoms with van der Waals surface area (Å²) in [5, 5.41) is 6.63. The summed E-state index contributed by atoms with van der Waals surface area (Å²) >= 11 is 6.44. The molecule has 2 aromatic rings. The van der Waals surface area contributed by atoms with Crippen LogP contribution in [0.5, 0.6) is 0 Å². The molecular formula is C24H32ClN3O2. The Morgan fingerprint density at radius 2 is 1.67 bits per heavy atom. The quantitative estimate of drug-likeness (QED) is 0.587. The van der Waals surface area contributed by atoms with Gasteiger partial charge in [0.1, 0.15) is 0 Å². The highest BCUT2D eigenvalue weighted by Crippen LogP contribution is 2.27. The van der Waals surface area contributed by atoms with E-state index >= 15 is 0 Å². The molecule has 0 aliphatic rings. The number of amides is 2. The summed E-state index contributed by atoms with van der Waals surface area (Å²) in [5.74, 6) is -0.274. The summed E-state index contributed by atoms with van der Waals surface area (Å²) in [6, 6.07) is 15.2.